The summed E-state index contributed by atoms with van der Waals surface area (Å²) in [6.07, 6.45) is -2.05. The van der Waals surface area contributed by atoms with Crippen molar-refractivity contribution in [3.63, 3.8) is 0 Å². The first kappa shape index (κ1) is 33.4. The Morgan fingerprint density at radius 1 is 0.633 bits per heavy atom. The average molecular weight is 656 g/mol. The van der Waals surface area contributed by atoms with Gasteiger partial charge >= 0.3 is 6.03 Å². The lowest BCUT2D eigenvalue weighted by molar-refractivity contribution is -0.0408. The Hall–Kier alpha value is -5.49. The molecule has 1 heterocycles. The summed E-state index contributed by atoms with van der Waals surface area (Å²) in [5.74, 6) is -0.0124. The maximum atomic E-state index is 14.9. The zero-order valence-corrected chi connectivity index (χ0v) is 27.0. The first-order valence-corrected chi connectivity index (χ1v) is 16.3. The second kappa shape index (κ2) is 15.6. The number of carbonyl (C=O) groups excluding carboxylic acids is 1. The van der Waals surface area contributed by atoms with Crippen molar-refractivity contribution < 1.29 is 24.1 Å². The zero-order chi connectivity index (χ0) is 34.2. The fraction of sp³-hybridized carbons (Fsp3) is 0.220. The van der Waals surface area contributed by atoms with Crippen molar-refractivity contribution in [2.75, 3.05) is 0 Å². The minimum atomic E-state index is -1.32. The van der Waals surface area contributed by atoms with E-state index >= 15 is 0 Å². The lowest BCUT2D eigenvalue weighted by Gasteiger charge is -2.36. The van der Waals surface area contributed by atoms with Gasteiger partial charge in [-0.3, -0.25) is 0 Å². The molecule has 5 aromatic carbocycles. The molecule has 0 radical (unpaired) electrons. The molecule has 0 spiro atoms. The Balaban J connectivity index is 1.38. The molecule has 8 heteroatoms. The number of hydrogen-bond donors (Lipinski definition) is 2. The third kappa shape index (κ3) is 8.15. The largest absolute Gasteiger partial charge is 0.489 e. The predicted molar refractivity (Wildman–Crippen MR) is 185 cm³/mol. The molecule has 0 bridgehead atoms. The lowest BCUT2D eigenvalue weighted by Crippen LogP contribution is -2.50. The second-order valence-electron chi connectivity index (χ2n) is 12.4. The van der Waals surface area contributed by atoms with E-state index in [1.807, 2.05) is 121 Å². The van der Waals surface area contributed by atoms with Gasteiger partial charge in [-0.1, -0.05) is 109 Å². The lowest BCUT2D eigenvalue weighted by atomic mass is 9.91. The van der Waals surface area contributed by atoms with Crippen LogP contribution in [0.4, 0.5) is 9.18 Å². The number of aliphatic hydroxyl groups excluding tert-OH is 2. The third-order valence-electron chi connectivity index (χ3n) is 9.01. The zero-order valence-electron chi connectivity index (χ0n) is 27.0. The van der Waals surface area contributed by atoms with Gasteiger partial charge in [-0.15, -0.1) is 0 Å². The molecule has 2 N–H and O–H groups in total. The van der Waals surface area contributed by atoms with Crippen molar-refractivity contribution in [2.24, 2.45) is 0 Å². The molecule has 0 aliphatic carbocycles. The van der Waals surface area contributed by atoms with Crippen molar-refractivity contribution in [3.05, 3.63) is 173 Å². The molecular weight excluding hydrogens is 617 g/mol. The maximum Gasteiger partial charge on any atom is 0.321 e. The van der Waals surface area contributed by atoms with Gasteiger partial charge in [0.1, 0.15) is 36.5 Å². The van der Waals surface area contributed by atoms with E-state index < -0.39 is 36.1 Å². The van der Waals surface area contributed by atoms with Crippen molar-refractivity contribution >= 4 is 6.03 Å². The van der Waals surface area contributed by atoms with Gasteiger partial charge in [-0.25, -0.2) is 9.18 Å². The maximum absolute atomic E-state index is 14.9. The monoisotopic (exact) mass is 655 g/mol. The molecule has 1 saturated heterocycles. The minimum absolute atomic E-state index is 0.0101. The molecule has 49 heavy (non-hydrogen) atoms. The summed E-state index contributed by atoms with van der Waals surface area (Å²) in [5.41, 5.74) is 3.99. The molecule has 4 atom stereocenters. The van der Waals surface area contributed by atoms with Gasteiger partial charge in [0.15, 0.2) is 0 Å². The molecule has 2 amide bonds. The molecule has 5 aromatic rings. The van der Waals surface area contributed by atoms with Crippen LogP contribution in [-0.4, -0.2) is 50.3 Å². The quantitative estimate of drug-likeness (QED) is 0.166. The summed E-state index contributed by atoms with van der Waals surface area (Å²) in [6, 6.07) is 40.5. The molecule has 1 fully saturated rings. The Bertz CT molecular complexity index is 1880. The molecule has 1 aliphatic rings. The van der Waals surface area contributed by atoms with Gasteiger partial charge in [-0.2, -0.15) is 5.26 Å². The van der Waals surface area contributed by atoms with E-state index in [4.69, 9.17) is 4.74 Å². The standard InChI is InChI=1S/C41H38FN3O4/c42-36-20-19-33(21-34(36)25-43)27-45-38(24-30-13-6-2-7-14-30)40(47)39(46)37(23-29-11-4-1-5-12-29)44(41(45)48)26-32-17-10-18-35(22-32)49-28-31-15-8-3-9-16-31/h1-22,37-40,46-47H,23-24,26-28H2/t37-,38-,39+,40+/m1/s1. The molecule has 0 unspecified atom stereocenters. The number of halogens is 1. The van der Waals surface area contributed by atoms with Crippen LogP contribution < -0.4 is 4.74 Å². The highest BCUT2D eigenvalue weighted by molar-refractivity contribution is 5.76. The summed E-state index contributed by atoms with van der Waals surface area (Å²) in [4.78, 5) is 18.1. The number of nitrogens with zero attached hydrogens (tertiary/aromatic N) is 3. The van der Waals surface area contributed by atoms with Gasteiger partial charge in [0.2, 0.25) is 0 Å². The molecule has 1 aliphatic heterocycles. The molecular formula is C41H38FN3O4. The van der Waals surface area contributed by atoms with Crippen LogP contribution in [-0.2, 0) is 32.5 Å². The predicted octanol–water partition coefficient (Wildman–Crippen LogP) is 6.66. The molecule has 7 nitrogen and oxygen atoms in total. The topological polar surface area (TPSA) is 97.0 Å². The number of rotatable bonds is 11. The fourth-order valence-corrected chi connectivity index (χ4v) is 6.44. The van der Waals surface area contributed by atoms with Crippen molar-refractivity contribution in [3.8, 4) is 11.8 Å². The van der Waals surface area contributed by atoms with Crippen LogP contribution >= 0.6 is 0 Å². The number of hydrogen-bond acceptors (Lipinski definition) is 5. The third-order valence-corrected chi connectivity index (χ3v) is 9.01. The SMILES string of the molecule is N#Cc1cc(CN2C(=O)N(Cc3cccc(OCc4ccccc4)c3)[C@H](Cc3ccccc3)[C@H](O)[C@@H](O)[C@H]2Cc2ccccc2)ccc1F. The Morgan fingerprint density at radius 2 is 1.12 bits per heavy atom. The highest BCUT2D eigenvalue weighted by atomic mass is 19.1. The van der Waals surface area contributed by atoms with E-state index in [-0.39, 0.29) is 25.1 Å². The van der Waals surface area contributed by atoms with E-state index in [1.54, 1.807) is 9.80 Å². The number of carbonyl (C=O) groups is 1. The van der Waals surface area contributed by atoms with Crippen molar-refractivity contribution in [1.82, 2.24) is 9.80 Å². The van der Waals surface area contributed by atoms with Gasteiger partial charge in [0.25, 0.3) is 0 Å². The molecule has 0 aromatic heterocycles. The molecule has 6 rings (SSSR count). The number of benzene rings is 5. The van der Waals surface area contributed by atoms with Gasteiger partial charge in [-0.05, 0) is 64.9 Å². The van der Waals surface area contributed by atoms with Gasteiger partial charge < -0.3 is 24.7 Å². The number of amides is 2. The van der Waals surface area contributed by atoms with E-state index in [2.05, 4.69) is 0 Å². The van der Waals surface area contributed by atoms with Crippen LogP contribution in [0.15, 0.2) is 133 Å². The summed E-state index contributed by atoms with van der Waals surface area (Å²) in [7, 11) is 0. The average Bonchev–Trinajstić information content (AvgIpc) is 3.20. The first-order chi connectivity index (χ1) is 23.9. The Kier molecular flexibility index (Phi) is 10.6. The van der Waals surface area contributed by atoms with Crippen LogP contribution in [0.25, 0.3) is 0 Å². The van der Waals surface area contributed by atoms with Crippen LogP contribution in [0.2, 0.25) is 0 Å². The van der Waals surface area contributed by atoms with Crippen LogP contribution in [0.5, 0.6) is 5.75 Å². The number of ether oxygens (including phenoxy) is 1. The number of urea groups is 1. The smallest absolute Gasteiger partial charge is 0.321 e. The number of aliphatic hydroxyl groups is 2. The van der Waals surface area contributed by atoms with E-state index in [0.29, 0.717) is 24.3 Å². The summed E-state index contributed by atoms with van der Waals surface area (Å²) in [6.45, 7) is 0.500. The second-order valence-corrected chi connectivity index (χ2v) is 12.4. The van der Waals surface area contributed by atoms with E-state index in [0.717, 1.165) is 22.3 Å². The van der Waals surface area contributed by atoms with E-state index in [9.17, 15) is 24.7 Å². The summed E-state index contributed by atoms with van der Waals surface area (Å²) >= 11 is 0. The van der Waals surface area contributed by atoms with Crippen LogP contribution in [0.1, 0.15) is 33.4 Å². The normalized spacial score (nSPS) is 19.3. The van der Waals surface area contributed by atoms with Crippen LogP contribution in [0.3, 0.4) is 0 Å². The first-order valence-electron chi connectivity index (χ1n) is 16.3. The number of nitriles is 1. The Labute approximate surface area is 286 Å². The molecule has 0 saturated carbocycles. The van der Waals surface area contributed by atoms with Crippen molar-refractivity contribution in [2.45, 2.75) is 56.8 Å². The fourth-order valence-electron chi connectivity index (χ4n) is 6.44. The minimum Gasteiger partial charge on any atom is -0.489 e. The van der Waals surface area contributed by atoms with Gasteiger partial charge in [0.05, 0.1) is 17.6 Å². The summed E-state index contributed by atoms with van der Waals surface area (Å²) < 4.78 is 20.4. The molecule has 248 valence electrons. The van der Waals surface area contributed by atoms with Crippen molar-refractivity contribution in [1.29, 1.82) is 5.26 Å². The highest BCUT2D eigenvalue weighted by Gasteiger charge is 2.46. The summed E-state index contributed by atoms with van der Waals surface area (Å²) in [5, 5.41) is 33.4. The Morgan fingerprint density at radius 3 is 1.65 bits per heavy atom. The highest BCUT2D eigenvalue weighted by Crippen LogP contribution is 2.31. The van der Waals surface area contributed by atoms with Crippen LogP contribution in [0, 0.1) is 17.1 Å². The van der Waals surface area contributed by atoms with Gasteiger partial charge in [0, 0.05) is 13.1 Å². The van der Waals surface area contributed by atoms with E-state index in [1.165, 1.54) is 18.2 Å².